The van der Waals surface area contributed by atoms with Crippen LogP contribution in [0.4, 0.5) is 0 Å². The fraction of sp³-hybridized carbons (Fsp3) is 0.974. The van der Waals surface area contributed by atoms with Crippen LogP contribution >= 0.6 is 12.6 Å². The summed E-state index contributed by atoms with van der Waals surface area (Å²) >= 11 is 4.94. The Morgan fingerprint density at radius 1 is 0.647 bits per heavy atom. The molecule has 0 aliphatic carbocycles. The Morgan fingerprint density at radius 2 is 1.14 bits per heavy atom. The zero-order chi connectivity index (χ0) is 37.7. The van der Waals surface area contributed by atoms with Crippen LogP contribution in [-0.2, 0) is 52.2 Å². The molecule has 12 heteroatoms. The van der Waals surface area contributed by atoms with Gasteiger partial charge in [-0.15, -0.1) is 12.6 Å². The molecule has 0 aromatic rings. The van der Waals surface area contributed by atoms with E-state index in [1.54, 1.807) is 0 Å². The first-order valence-electron chi connectivity index (χ1n) is 20.2. The summed E-state index contributed by atoms with van der Waals surface area (Å²) in [6.45, 7) is 20.3. The van der Waals surface area contributed by atoms with Gasteiger partial charge in [-0.3, -0.25) is 4.79 Å². The minimum absolute atomic E-state index is 0.185. The van der Waals surface area contributed by atoms with Crippen LogP contribution in [0.2, 0.25) is 0 Å². The van der Waals surface area contributed by atoms with Gasteiger partial charge in [-0.1, -0.05) is 80.1 Å². The Balaban J connectivity index is 3.45. The van der Waals surface area contributed by atoms with E-state index in [2.05, 4.69) is 41.5 Å². The van der Waals surface area contributed by atoms with Gasteiger partial charge >= 0.3 is 5.97 Å². The summed E-state index contributed by atoms with van der Waals surface area (Å²) in [5.74, 6) is -0.469. The molecule has 0 saturated carbocycles. The summed E-state index contributed by atoms with van der Waals surface area (Å²) < 4.78 is 63.2. The summed E-state index contributed by atoms with van der Waals surface area (Å²) in [5, 5.41) is 0. The van der Waals surface area contributed by atoms with Gasteiger partial charge in [0.05, 0.1) is 25.9 Å². The molecule has 0 aromatic carbocycles. The topological polar surface area (TPSA) is 109 Å². The van der Waals surface area contributed by atoms with Gasteiger partial charge in [-0.25, -0.2) is 0 Å². The predicted molar refractivity (Wildman–Crippen MR) is 204 cm³/mol. The van der Waals surface area contributed by atoms with E-state index in [0.29, 0.717) is 46.2 Å². The quantitative estimate of drug-likeness (QED) is 0.0303. The maximum atomic E-state index is 12.6. The van der Waals surface area contributed by atoms with Crippen molar-refractivity contribution in [3.8, 4) is 0 Å². The third-order valence-corrected chi connectivity index (χ3v) is 9.08. The summed E-state index contributed by atoms with van der Waals surface area (Å²) in [4.78, 5) is 12.6. The molecule has 3 unspecified atom stereocenters. The molecule has 304 valence electrons. The van der Waals surface area contributed by atoms with Gasteiger partial charge in [-0.05, 0) is 45.4 Å². The van der Waals surface area contributed by atoms with Crippen LogP contribution in [0.5, 0.6) is 0 Å². The van der Waals surface area contributed by atoms with Crippen molar-refractivity contribution < 1.29 is 52.2 Å². The third kappa shape index (κ3) is 21.2. The third-order valence-electron chi connectivity index (χ3n) is 8.63. The van der Waals surface area contributed by atoms with Gasteiger partial charge in [0, 0.05) is 46.6 Å². The molecule has 11 nitrogen and oxygen atoms in total. The fourth-order valence-corrected chi connectivity index (χ4v) is 5.64. The maximum absolute atomic E-state index is 12.6. The normalized spacial score (nSPS) is 23.2. The van der Waals surface area contributed by atoms with Crippen molar-refractivity contribution in [2.75, 3.05) is 59.5 Å². The molecule has 1 aliphatic heterocycles. The summed E-state index contributed by atoms with van der Waals surface area (Å²) in [6, 6.07) is 0. The first-order chi connectivity index (χ1) is 24.8. The molecule has 0 radical (unpaired) electrons. The second-order valence-electron chi connectivity index (χ2n) is 13.4. The molecule has 0 N–H and O–H groups in total. The number of hydrogen-bond acceptors (Lipinski definition) is 12. The first kappa shape index (κ1) is 48.5. The Hall–Kier alpha value is -0.540. The number of hydrogen-bond donors (Lipinski definition) is 1. The second kappa shape index (κ2) is 31.8. The molecular formula is C39H76O11S. The van der Waals surface area contributed by atoms with E-state index >= 15 is 0 Å². The Morgan fingerprint density at radius 3 is 1.69 bits per heavy atom. The van der Waals surface area contributed by atoms with Crippen molar-refractivity contribution in [1.29, 1.82) is 0 Å². The van der Waals surface area contributed by atoms with E-state index in [1.165, 1.54) is 6.92 Å². The lowest BCUT2D eigenvalue weighted by Crippen LogP contribution is -2.63. The SMILES string of the molecule is CCCCOCC1O[C@H](O[C@H](COCCCC)[C@@H](S)OC(COCCCC)[C@H](C)OCCCC)[C@H](OC(C)=O)C(OCCCC)[C@@H]1OCCCC. The zero-order valence-electron chi connectivity index (χ0n) is 33.5. The molecule has 0 aromatic heterocycles. The second-order valence-corrected chi connectivity index (χ2v) is 14.0. The van der Waals surface area contributed by atoms with E-state index in [1.807, 2.05) is 6.92 Å². The molecule has 0 amide bonds. The van der Waals surface area contributed by atoms with E-state index in [4.69, 9.17) is 60.0 Å². The number of esters is 1. The van der Waals surface area contributed by atoms with Gasteiger partial charge < -0.3 is 47.4 Å². The van der Waals surface area contributed by atoms with Gasteiger partial charge in [0.1, 0.15) is 36.0 Å². The smallest absolute Gasteiger partial charge is 0.303 e. The highest BCUT2D eigenvalue weighted by Crippen LogP contribution is 2.32. The standard InChI is InChI=1S/C39H76O11S/c1-9-15-21-41-27-32(30(7)44-24-18-12-4)50-39(51)34(29-43-23-17-11-3)49-38-37(47-31(8)40)36(46-26-20-14-6)35(45-25-19-13-5)33(48-38)28-42-22-16-10-2/h30,32-39,51H,9-29H2,1-8H3/t30-,32?,33?,34+,35+,36?,37+,38+,39+/m0/s1. The van der Waals surface area contributed by atoms with Crippen molar-refractivity contribution in [2.45, 2.75) is 187 Å². The molecule has 0 spiro atoms. The largest absolute Gasteiger partial charge is 0.454 e. The monoisotopic (exact) mass is 753 g/mol. The highest BCUT2D eigenvalue weighted by molar-refractivity contribution is 7.80. The van der Waals surface area contributed by atoms with Crippen LogP contribution in [0.15, 0.2) is 0 Å². The van der Waals surface area contributed by atoms with Gasteiger partial charge in [0.15, 0.2) is 12.4 Å². The molecule has 1 rings (SSSR count). The lowest BCUT2D eigenvalue weighted by Gasteiger charge is -2.46. The highest BCUT2D eigenvalue weighted by Gasteiger charge is 2.51. The number of carbonyl (C=O) groups is 1. The lowest BCUT2D eigenvalue weighted by atomic mass is 9.98. The molecule has 9 atom stereocenters. The average molecular weight is 753 g/mol. The van der Waals surface area contributed by atoms with Crippen LogP contribution in [0.1, 0.15) is 132 Å². The van der Waals surface area contributed by atoms with E-state index in [0.717, 1.165) is 77.0 Å². The van der Waals surface area contributed by atoms with Crippen LogP contribution in [0.25, 0.3) is 0 Å². The molecule has 1 heterocycles. The minimum Gasteiger partial charge on any atom is -0.454 e. The predicted octanol–water partition coefficient (Wildman–Crippen LogP) is 7.70. The first-order valence-corrected chi connectivity index (χ1v) is 20.7. The maximum Gasteiger partial charge on any atom is 0.303 e. The van der Waals surface area contributed by atoms with Crippen molar-refractivity contribution >= 4 is 18.6 Å². The molecule has 1 fully saturated rings. The van der Waals surface area contributed by atoms with Crippen LogP contribution < -0.4 is 0 Å². The summed E-state index contributed by atoms with van der Waals surface area (Å²) in [5.41, 5.74) is -0.748. The van der Waals surface area contributed by atoms with E-state index in [-0.39, 0.29) is 19.3 Å². The molecular weight excluding hydrogens is 676 g/mol. The Bertz CT molecular complexity index is 809. The van der Waals surface area contributed by atoms with Crippen molar-refractivity contribution in [3.05, 3.63) is 0 Å². The lowest BCUT2D eigenvalue weighted by molar-refractivity contribution is -0.332. The number of thiol groups is 1. The number of rotatable bonds is 34. The number of ether oxygens (including phenoxy) is 10. The minimum atomic E-state index is -1.03. The number of unbranched alkanes of at least 4 members (excludes halogenated alkanes) is 6. The van der Waals surface area contributed by atoms with Crippen LogP contribution in [0.3, 0.4) is 0 Å². The van der Waals surface area contributed by atoms with E-state index in [9.17, 15) is 4.79 Å². The molecule has 0 bridgehead atoms. The Labute approximate surface area is 316 Å². The van der Waals surface area contributed by atoms with Crippen molar-refractivity contribution in [3.63, 3.8) is 0 Å². The molecule has 1 saturated heterocycles. The van der Waals surface area contributed by atoms with Gasteiger partial charge in [0.25, 0.3) is 0 Å². The zero-order valence-corrected chi connectivity index (χ0v) is 34.4. The average Bonchev–Trinajstić information content (AvgIpc) is 3.11. The van der Waals surface area contributed by atoms with Crippen molar-refractivity contribution in [1.82, 2.24) is 0 Å². The summed E-state index contributed by atoms with van der Waals surface area (Å²) in [6.07, 6.45) is 6.47. The van der Waals surface area contributed by atoms with Gasteiger partial charge in [0.2, 0.25) is 0 Å². The fourth-order valence-electron chi connectivity index (χ4n) is 5.33. The van der Waals surface area contributed by atoms with Crippen LogP contribution in [0, 0.1) is 0 Å². The Kier molecular flexibility index (Phi) is 30.2. The van der Waals surface area contributed by atoms with E-state index < -0.39 is 54.3 Å². The molecule has 51 heavy (non-hydrogen) atoms. The summed E-state index contributed by atoms with van der Waals surface area (Å²) in [7, 11) is 0. The highest BCUT2D eigenvalue weighted by atomic mass is 32.1. The number of carbonyl (C=O) groups excluding carboxylic acids is 1. The van der Waals surface area contributed by atoms with Crippen LogP contribution in [-0.4, -0.2) is 120 Å². The van der Waals surface area contributed by atoms with Gasteiger partial charge in [-0.2, -0.15) is 0 Å². The van der Waals surface area contributed by atoms with Crippen molar-refractivity contribution in [2.24, 2.45) is 0 Å². The molecule has 1 aliphatic rings.